The number of carbonyl (C=O) groups is 1. The van der Waals surface area contributed by atoms with Crippen molar-refractivity contribution in [1.82, 2.24) is 5.01 Å². The average molecular weight is 450 g/mol. The number of hydrogen-bond acceptors (Lipinski definition) is 5. The highest BCUT2D eigenvalue weighted by Crippen LogP contribution is 2.35. The summed E-state index contributed by atoms with van der Waals surface area (Å²) in [4.78, 5) is 12.5. The number of benzene rings is 3. The third-order valence-corrected chi connectivity index (χ3v) is 6.65. The van der Waals surface area contributed by atoms with Crippen molar-refractivity contribution < 1.29 is 17.9 Å². The maximum Gasteiger partial charge on any atom is 0.261 e. The molecule has 1 atom stereocenters. The monoisotopic (exact) mass is 449 g/mol. The predicted molar refractivity (Wildman–Crippen MR) is 123 cm³/mol. The maximum atomic E-state index is 12.9. The van der Waals surface area contributed by atoms with Crippen molar-refractivity contribution in [3.63, 3.8) is 0 Å². The van der Waals surface area contributed by atoms with E-state index in [4.69, 9.17) is 4.74 Å². The zero-order chi connectivity index (χ0) is 22.7. The van der Waals surface area contributed by atoms with Crippen molar-refractivity contribution in [1.29, 1.82) is 0 Å². The van der Waals surface area contributed by atoms with Gasteiger partial charge in [0.25, 0.3) is 10.0 Å². The van der Waals surface area contributed by atoms with Crippen molar-refractivity contribution in [3.8, 4) is 5.75 Å². The molecule has 164 valence electrons. The second-order valence-corrected chi connectivity index (χ2v) is 9.05. The predicted octanol–water partition coefficient (Wildman–Crippen LogP) is 4.19. The molecule has 1 N–H and O–H groups in total. The highest BCUT2D eigenvalue weighted by molar-refractivity contribution is 7.92. The summed E-state index contributed by atoms with van der Waals surface area (Å²) in [7, 11) is -2.17. The van der Waals surface area contributed by atoms with Crippen LogP contribution in [0.25, 0.3) is 0 Å². The Bertz CT molecular complexity index is 1260. The van der Waals surface area contributed by atoms with Crippen LogP contribution < -0.4 is 9.46 Å². The van der Waals surface area contributed by atoms with Gasteiger partial charge in [0.2, 0.25) is 5.91 Å². The number of carbonyl (C=O) groups excluding carboxylic acids is 1. The number of anilines is 1. The lowest BCUT2D eigenvalue weighted by Gasteiger charge is -2.20. The second-order valence-electron chi connectivity index (χ2n) is 7.37. The van der Waals surface area contributed by atoms with Crippen LogP contribution in [0.1, 0.15) is 30.5 Å². The fourth-order valence-corrected chi connectivity index (χ4v) is 4.78. The molecule has 0 aromatic heterocycles. The topological polar surface area (TPSA) is 88.1 Å². The van der Waals surface area contributed by atoms with Crippen molar-refractivity contribution in [2.45, 2.75) is 24.3 Å². The van der Waals surface area contributed by atoms with Gasteiger partial charge in [0.05, 0.1) is 29.4 Å². The van der Waals surface area contributed by atoms with Crippen LogP contribution >= 0.6 is 0 Å². The summed E-state index contributed by atoms with van der Waals surface area (Å²) in [5, 5.41) is 6.00. The van der Waals surface area contributed by atoms with Gasteiger partial charge in [0, 0.05) is 18.9 Å². The zero-order valence-corrected chi connectivity index (χ0v) is 18.5. The van der Waals surface area contributed by atoms with Crippen molar-refractivity contribution >= 4 is 27.3 Å². The van der Waals surface area contributed by atoms with Crippen LogP contribution in [0, 0.1) is 0 Å². The van der Waals surface area contributed by atoms with E-state index in [-0.39, 0.29) is 16.8 Å². The van der Waals surface area contributed by atoms with Gasteiger partial charge < -0.3 is 4.74 Å². The Morgan fingerprint density at radius 1 is 1.00 bits per heavy atom. The molecule has 3 aromatic rings. The molecule has 4 rings (SSSR count). The lowest BCUT2D eigenvalue weighted by Crippen LogP contribution is -2.24. The van der Waals surface area contributed by atoms with Crippen LogP contribution in [0.3, 0.4) is 0 Å². The first-order chi connectivity index (χ1) is 15.4. The molecule has 0 saturated carbocycles. The lowest BCUT2D eigenvalue weighted by molar-refractivity contribution is -0.130. The largest absolute Gasteiger partial charge is 0.497 e. The molecule has 8 heteroatoms. The van der Waals surface area contributed by atoms with E-state index in [1.54, 1.807) is 43.5 Å². The van der Waals surface area contributed by atoms with Crippen LogP contribution in [0.4, 0.5) is 5.69 Å². The minimum absolute atomic E-state index is 0.171. The van der Waals surface area contributed by atoms with Gasteiger partial charge in [0.15, 0.2) is 0 Å². The molecule has 1 aliphatic rings. The molecule has 3 aromatic carbocycles. The number of amides is 1. The van der Waals surface area contributed by atoms with E-state index in [1.807, 2.05) is 30.3 Å². The molecule has 1 heterocycles. The molecule has 0 bridgehead atoms. The number of hydrazone groups is 1. The van der Waals surface area contributed by atoms with E-state index in [9.17, 15) is 13.2 Å². The van der Waals surface area contributed by atoms with Gasteiger partial charge in [-0.3, -0.25) is 9.52 Å². The van der Waals surface area contributed by atoms with Crippen LogP contribution in [0.2, 0.25) is 0 Å². The van der Waals surface area contributed by atoms with E-state index < -0.39 is 10.0 Å². The fraction of sp³-hybridized carbons (Fsp3) is 0.167. The minimum atomic E-state index is -3.77. The first-order valence-electron chi connectivity index (χ1n) is 10.1. The van der Waals surface area contributed by atoms with Gasteiger partial charge in [-0.1, -0.05) is 48.5 Å². The third kappa shape index (κ3) is 4.36. The Labute approximate surface area is 187 Å². The Morgan fingerprint density at radius 2 is 1.66 bits per heavy atom. The number of nitrogens with zero attached hydrogens (tertiary/aromatic N) is 2. The average Bonchev–Trinajstić information content (AvgIpc) is 3.25. The number of sulfonamides is 1. The molecule has 0 aliphatic carbocycles. The van der Waals surface area contributed by atoms with Gasteiger partial charge in [-0.2, -0.15) is 5.10 Å². The molecule has 32 heavy (non-hydrogen) atoms. The molecular weight excluding hydrogens is 426 g/mol. The fourth-order valence-electron chi connectivity index (χ4n) is 3.68. The maximum absolute atomic E-state index is 12.9. The van der Waals surface area contributed by atoms with E-state index in [0.717, 1.165) is 11.3 Å². The minimum Gasteiger partial charge on any atom is -0.497 e. The van der Waals surface area contributed by atoms with Crippen LogP contribution in [-0.4, -0.2) is 32.2 Å². The Hall–Kier alpha value is -3.65. The first-order valence-corrected chi connectivity index (χ1v) is 11.6. The number of methoxy groups -OCH3 is 1. The summed E-state index contributed by atoms with van der Waals surface area (Å²) < 4.78 is 33.6. The van der Waals surface area contributed by atoms with Gasteiger partial charge >= 0.3 is 0 Å². The van der Waals surface area contributed by atoms with E-state index >= 15 is 0 Å². The summed E-state index contributed by atoms with van der Waals surface area (Å²) in [5.74, 6) is 0.533. The summed E-state index contributed by atoms with van der Waals surface area (Å²) in [5.41, 5.74) is 2.60. The molecule has 0 unspecified atom stereocenters. The number of hydrogen-bond donors (Lipinski definition) is 1. The Balaban J connectivity index is 1.66. The van der Waals surface area contributed by atoms with E-state index in [1.165, 1.54) is 24.1 Å². The summed E-state index contributed by atoms with van der Waals surface area (Å²) in [6, 6.07) is 22.4. The highest BCUT2D eigenvalue weighted by atomic mass is 32.2. The molecule has 1 amide bonds. The Kier molecular flexibility index (Phi) is 5.96. The summed E-state index contributed by atoms with van der Waals surface area (Å²) in [6.45, 7) is 1.47. The van der Waals surface area contributed by atoms with E-state index in [0.29, 0.717) is 23.4 Å². The van der Waals surface area contributed by atoms with Gasteiger partial charge in [-0.15, -0.1) is 0 Å². The second kappa shape index (κ2) is 8.84. The van der Waals surface area contributed by atoms with Crippen molar-refractivity contribution in [2.24, 2.45) is 5.10 Å². The number of ether oxygens (including phenoxy) is 1. The van der Waals surface area contributed by atoms with Gasteiger partial charge in [0.1, 0.15) is 5.75 Å². The summed E-state index contributed by atoms with van der Waals surface area (Å²) in [6.07, 6.45) is 0.454. The quantitative estimate of drug-likeness (QED) is 0.611. The van der Waals surface area contributed by atoms with Crippen LogP contribution in [0.5, 0.6) is 5.75 Å². The molecule has 0 saturated heterocycles. The van der Waals surface area contributed by atoms with Crippen molar-refractivity contribution in [2.75, 3.05) is 11.8 Å². The molecule has 0 radical (unpaired) electrons. The SMILES string of the molecule is COc1ccc([C@@H]2CC(c3ccccc3NS(=O)(=O)c3ccccc3)=NN2C(C)=O)cc1. The zero-order valence-electron chi connectivity index (χ0n) is 17.7. The molecule has 7 nitrogen and oxygen atoms in total. The van der Waals surface area contributed by atoms with Gasteiger partial charge in [-0.25, -0.2) is 13.4 Å². The number of rotatable bonds is 6. The van der Waals surface area contributed by atoms with Crippen LogP contribution in [-0.2, 0) is 14.8 Å². The van der Waals surface area contributed by atoms with Crippen LogP contribution in [0.15, 0.2) is 88.9 Å². The highest BCUT2D eigenvalue weighted by Gasteiger charge is 2.32. The number of nitrogens with one attached hydrogen (secondary N) is 1. The summed E-state index contributed by atoms with van der Waals surface area (Å²) >= 11 is 0. The third-order valence-electron chi connectivity index (χ3n) is 5.27. The normalized spacial score (nSPS) is 15.9. The molecule has 0 fully saturated rings. The molecule has 1 aliphatic heterocycles. The first kappa shape index (κ1) is 21.6. The van der Waals surface area contributed by atoms with Crippen molar-refractivity contribution in [3.05, 3.63) is 90.0 Å². The van der Waals surface area contributed by atoms with E-state index in [2.05, 4.69) is 9.82 Å². The smallest absolute Gasteiger partial charge is 0.261 e. The van der Waals surface area contributed by atoms with Gasteiger partial charge in [-0.05, 0) is 35.9 Å². The lowest BCUT2D eigenvalue weighted by atomic mass is 9.97. The molecule has 0 spiro atoms. The Morgan fingerprint density at radius 3 is 2.31 bits per heavy atom. The molecular formula is C24H23N3O4S. The standard InChI is InChI=1S/C24H23N3O4S/c1-17(28)27-24(18-12-14-19(31-2)15-13-18)16-23(25-27)21-10-6-7-11-22(21)26-32(29,30)20-8-4-3-5-9-20/h3-15,24,26H,16H2,1-2H3/t24-/m0/s1. The number of para-hydroxylation sites is 1.